The van der Waals surface area contributed by atoms with Crippen LogP contribution in [0, 0.1) is 0 Å². The zero-order valence-corrected chi connectivity index (χ0v) is 13.0. The number of urea groups is 1. The van der Waals surface area contributed by atoms with E-state index in [4.69, 9.17) is 11.6 Å². The Labute approximate surface area is 129 Å². The molecule has 21 heavy (non-hydrogen) atoms. The highest BCUT2D eigenvalue weighted by atomic mass is 35.5. The summed E-state index contributed by atoms with van der Waals surface area (Å²) in [6.07, 6.45) is 1.51. The van der Waals surface area contributed by atoms with Gasteiger partial charge in [-0.3, -0.25) is 4.79 Å². The average molecular weight is 310 g/mol. The van der Waals surface area contributed by atoms with Crippen molar-refractivity contribution in [3.8, 4) is 0 Å². The number of amides is 3. The summed E-state index contributed by atoms with van der Waals surface area (Å²) in [5.41, 5.74) is 0.555. The van der Waals surface area contributed by atoms with Crippen LogP contribution in [0.15, 0.2) is 24.3 Å². The predicted octanol–water partition coefficient (Wildman–Crippen LogP) is 2.86. The van der Waals surface area contributed by atoms with Gasteiger partial charge in [-0.25, -0.2) is 4.79 Å². The highest BCUT2D eigenvalue weighted by Crippen LogP contribution is 2.23. The lowest BCUT2D eigenvalue weighted by molar-refractivity contribution is -0.125. The monoisotopic (exact) mass is 309 g/mol. The van der Waals surface area contributed by atoms with E-state index in [-0.39, 0.29) is 18.0 Å². The van der Waals surface area contributed by atoms with E-state index in [9.17, 15) is 9.59 Å². The molecule has 0 aromatic heterocycles. The van der Waals surface area contributed by atoms with Gasteiger partial charge in [-0.1, -0.05) is 23.7 Å². The van der Waals surface area contributed by atoms with Crippen molar-refractivity contribution in [2.75, 3.05) is 11.9 Å². The number of nitrogens with zero attached hydrogens (tertiary/aromatic N) is 1. The van der Waals surface area contributed by atoms with Gasteiger partial charge in [0.05, 0.1) is 10.7 Å². The number of halogens is 1. The lowest BCUT2D eigenvalue weighted by Gasteiger charge is -2.25. The Morgan fingerprint density at radius 2 is 2.05 bits per heavy atom. The molecule has 1 aliphatic heterocycles. The van der Waals surface area contributed by atoms with E-state index >= 15 is 0 Å². The summed E-state index contributed by atoms with van der Waals surface area (Å²) in [5, 5.41) is 6.10. The zero-order valence-electron chi connectivity index (χ0n) is 12.2. The summed E-state index contributed by atoms with van der Waals surface area (Å²) in [6, 6.07) is 6.41. The van der Waals surface area contributed by atoms with Gasteiger partial charge in [0.1, 0.15) is 6.04 Å². The van der Waals surface area contributed by atoms with Crippen LogP contribution in [0.3, 0.4) is 0 Å². The minimum Gasteiger partial charge on any atom is -0.352 e. The second-order valence-corrected chi connectivity index (χ2v) is 5.83. The Morgan fingerprint density at radius 3 is 2.71 bits per heavy atom. The maximum atomic E-state index is 12.3. The topological polar surface area (TPSA) is 61.4 Å². The number of likely N-dealkylation sites (tertiary alicyclic amines) is 1. The molecule has 1 atom stereocenters. The van der Waals surface area contributed by atoms with Crippen molar-refractivity contribution in [1.82, 2.24) is 10.2 Å². The van der Waals surface area contributed by atoms with Gasteiger partial charge in [0, 0.05) is 12.6 Å². The third-order valence-electron chi connectivity index (χ3n) is 3.36. The number of nitrogens with one attached hydrogen (secondary N) is 2. The van der Waals surface area contributed by atoms with E-state index in [1.165, 1.54) is 0 Å². The largest absolute Gasteiger partial charge is 0.352 e. The van der Waals surface area contributed by atoms with Crippen LogP contribution < -0.4 is 10.6 Å². The first-order valence-electron chi connectivity index (χ1n) is 7.11. The van der Waals surface area contributed by atoms with E-state index in [1.54, 1.807) is 29.2 Å². The van der Waals surface area contributed by atoms with Crippen molar-refractivity contribution in [2.24, 2.45) is 0 Å². The highest BCUT2D eigenvalue weighted by Gasteiger charge is 2.34. The van der Waals surface area contributed by atoms with Gasteiger partial charge in [-0.15, -0.1) is 0 Å². The van der Waals surface area contributed by atoms with Gasteiger partial charge < -0.3 is 15.5 Å². The van der Waals surface area contributed by atoms with E-state index in [2.05, 4.69) is 10.6 Å². The van der Waals surface area contributed by atoms with Crippen LogP contribution >= 0.6 is 11.6 Å². The second kappa shape index (κ2) is 6.80. The number of carbonyl (C=O) groups is 2. The minimum atomic E-state index is -0.408. The van der Waals surface area contributed by atoms with Crippen LogP contribution in [-0.2, 0) is 4.79 Å². The number of hydrogen-bond acceptors (Lipinski definition) is 2. The summed E-state index contributed by atoms with van der Waals surface area (Å²) in [6.45, 7) is 4.38. The molecule has 0 unspecified atom stereocenters. The third-order valence-corrected chi connectivity index (χ3v) is 3.69. The van der Waals surface area contributed by atoms with Crippen molar-refractivity contribution in [1.29, 1.82) is 0 Å². The molecule has 0 saturated carbocycles. The third kappa shape index (κ3) is 3.88. The van der Waals surface area contributed by atoms with Crippen LogP contribution in [-0.4, -0.2) is 35.5 Å². The quantitative estimate of drug-likeness (QED) is 0.902. The zero-order chi connectivity index (χ0) is 15.4. The van der Waals surface area contributed by atoms with Crippen LogP contribution in [0.2, 0.25) is 5.02 Å². The smallest absolute Gasteiger partial charge is 0.322 e. The first-order chi connectivity index (χ1) is 9.99. The molecule has 1 aliphatic rings. The Kier molecular flexibility index (Phi) is 5.07. The molecule has 0 bridgehead atoms. The standard InChI is InChI=1S/C15H20ClN3O2/c1-10(2)17-14(20)13-8-5-9-19(13)15(21)18-12-7-4-3-6-11(12)16/h3-4,6-7,10,13H,5,8-9H2,1-2H3,(H,17,20)(H,18,21)/t13-/m0/s1. The molecule has 0 aliphatic carbocycles. The summed E-state index contributed by atoms with van der Waals surface area (Å²) >= 11 is 6.03. The van der Waals surface area contributed by atoms with Crippen LogP contribution in [0.1, 0.15) is 26.7 Å². The van der Waals surface area contributed by atoms with Crippen molar-refractivity contribution in [2.45, 2.75) is 38.8 Å². The van der Waals surface area contributed by atoms with Crippen LogP contribution in [0.4, 0.5) is 10.5 Å². The van der Waals surface area contributed by atoms with E-state index < -0.39 is 6.04 Å². The first kappa shape index (κ1) is 15.6. The second-order valence-electron chi connectivity index (χ2n) is 5.42. The number of rotatable bonds is 3. The van der Waals surface area contributed by atoms with Gasteiger partial charge in [-0.05, 0) is 38.8 Å². The number of hydrogen-bond donors (Lipinski definition) is 2. The highest BCUT2D eigenvalue weighted by molar-refractivity contribution is 6.33. The summed E-state index contributed by atoms with van der Waals surface area (Å²) in [4.78, 5) is 26.0. The van der Waals surface area contributed by atoms with Crippen molar-refractivity contribution < 1.29 is 9.59 Å². The molecule has 0 spiro atoms. The Balaban J connectivity index is 2.04. The van der Waals surface area contributed by atoms with Gasteiger partial charge in [0.25, 0.3) is 0 Å². The lowest BCUT2D eigenvalue weighted by Crippen LogP contribution is -2.48. The number of anilines is 1. The van der Waals surface area contributed by atoms with Crippen molar-refractivity contribution in [3.05, 3.63) is 29.3 Å². The molecule has 1 saturated heterocycles. The van der Waals surface area contributed by atoms with E-state index in [1.807, 2.05) is 13.8 Å². The SMILES string of the molecule is CC(C)NC(=O)[C@@H]1CCCN1C(=O)Nc1ccccc1Cl. The van der Waals surface area contributed by atoms with Crippen LogP contribution in [0.25, 0.3) is 0 Å². The fourth-order valence-electron chi connectivity index (χ4n) is 2.41. The molecule has 1 heterocycles. The first-order valence-corrected chi connectivity index (χ1v) is 7.49. The fraction of sp³-hybridized carbons (Fsp3) is 0.467. The molecule has 0 radical (unpaired) electrons. The van der Waals surface area contributed by atoms with Gasteiger partial charge in [0.2, 0.25) is 5.91 Å². The van der Waals surface area contributed by atoms with Crippen molar-refractivity contribution in [3.63, 3.8) is 0 Å². The number of para-hydroxylation sites is 1. The molecular weight excluding hydrogens is 290 g/mol. The molecule has 2 rings (SSSR count). The summed E-state index contributed by atoms with van der Waals surface area (Å²) in [7, 11) is 0. The molecule has 6 heteroatoms. The molecule has 1 aromatic carbocycles. The van der Waals surface area contributed by atoms with Crippen molar-refractivity contribution >= 4 is 29.2 Å². The Morgan fingerprint density at radius 1 is 1.33 bits per heavy atom. The summed E-state index contributed by atoms with van der Waals surface area (Å²) < 4.78 is 0. The summed E-state index contributed by atoms with van der Waals surface area (Å²) in [5.74, 6) is -0.100. The minimum absolute atomic E-state index is 0.0616. The lowest BCUT2D eigenvalue weighted by atomic mass is 10.2. The Hall–Kier alpha value is -1.75. The molecule has 2 N–H and O–H groups in total. The normalized spacial score (nSPS) is 17.9. The molecule has 1 aromatic rings. The van der Waals surface area contributed by atoms with E-state index in [0.717, 1.165) is 6.42 Å². The van der Waals surface area contributed by atoms with E-state index in [0.29, 0.717) is 23.7 Å². The molecule has 114 valence electrons. The average Bonchev–Trinajstić information content (AvgIpc) is 2.90. The maximum Gasteiger partial charge on any atom is 0.322 e. The molecule has 3 amide bonds. The predicted molar refractivity (Wildman–Crippen MR) is 83.5 cm³/mol. The Bertz CT molecular complexity index is 533. The van der Waals surface area contributed by atoms with Gasteiger partial charge in [0.15, 0.2) is 0 Å². The van der Waals surface area contributed by atoms with Gasteiger partial charge >= 0.3 is 6.03 Å². The van der Waals surface area contributed by atoms with Crippen LogP contribution in [0.5, 0.6) is 0 Å². The van der Waals surface area contributed by atoms with Gasteiger partial charge in [-0.2, -0.15) is 0 Å². The number of benzene rings is 1. The molecule has 5 nitrogen and oxygen atoms in total. The maximum absolute atomic E-state index is 12.3. The molecule has 1 fully saturated rings. The molecular formula is C15H20ClN3O2. The fourth-order valence-corrected chi connectivity index (χ4v) is 2.60. The number of carbonyl (C=O) groups excluding carboxylic acids is 2.